The molecule has 7 nitrogen and oxygen atoms in total. The summed E-state index contributed by atoms with van der Waals surface area (Å²) in [6, 6.07) is 8.44. The fourth-order valence-corrected chi connectivity index (χ4v) is 2.68. The van der Waals surface area contributed by atoms with Crippen molar-refractivity contribution in [2.75, 3.05) is 12.0 Å². The van der Waals surface area contributed by atoms with Crippen LogP contribution >= 0.6 is 0 Å². The lowest BCUT2D eigenvalue weighted by molar-refractivity contribution is 0.0696. The van der Waals surface area contributed by atoms with E-state index >= 15 is 0 Å². The molecule has 2 aromatic rings. The number of hydrogen-bond acceptors (Lipinski definition) is 5. The first-order valence-electron chi connectivity index (χ1n) is 7.61. The molecule has 0 atom stereocenters. The smallest absolute Gasteiger partial charge is 0.335 e. The maximum absolute atomic E-state index is 12.7. The van der Waals surface area contributed by atoms with Crippen molar-refractivity contribution < 1.29 is 29.0 Å². The van der Waals surface area contributed by atoms with Gasteiger partial charge in [-0.05, 0) is 37.3 Å². The molecule has 1 heterocycles. The molecule has 3 rings (SSSR count). The molecular weight excluding hydrogens is 338 g/mol. The Bertz CT molecular complexity index is 962. The van der Waals surface area contributed by atoms with Crippen molar-refractivity contribution in [1.29, 1.82) is 0 Å². The Balaban J connectivity index is 2.05. The molecule has 0 aromatic heterocycles. The topological polar surface area (TPSA) is 93.1 Å². The highest BCUT2D eigenvalue weighted by Crippen LogP contribution is 2.36. The third-order valence-corrected chi connectivity index (χ3v) is 3.82. The van der Waals surface area contributed by atoms with Gasteiger partial charge in [0.25, 0.3) is 11.8 Å². The van der Waals surface area contributed by atoms with Crippen LogP contribution in [0.3, 0.4) is 0 Å². The van der Waals surface area contributed by atoms with Gasteiger partial charge in [-0.3, -0.25) is 9.59 Å². The third-order valence-electron chi connectivity index (χ3n) is 3.82. The second-order valence-corrected chi connectivity index (χ2v) is 5.65. The zero-order valence-electron chi connectivity index (χ0n) is 14.1. The summed E-state index contributed by atoms with van der Waals surface area (Å²) in [7, 11) is 1.47. The zero-order chi connectivity index (χ0) is 19.0. The van der Waals surface area contributed by atoms with Crippen LogP contribution in [0.1, 0.15) is 38.0 Å². The van der Waals surface area contributed by atoms with Crippen LogP contribution in [0, 0.1) is 0 Å². The number of carboxylic acids is 1. The molecule has 1 aliphatic heterocycles. The van der Waals surface area contributed by atoms with E-state index in [4.69, 9.17) is 14.6 Å². The van der Waals surface area contributed by atoms with Crippen molar-refractivity contribution >= 4 is 23.5 Å². The van der Waals surface area contributed by atoms with Gasteiger partial charge < -0.3 is 14.6 Å². The van der Waals surface area contributed by atoms with E-state index in [2.05, 4.69) is 6.58 Å². The van der Waals surface area contributed by atoms with Crippen LogP contribution in [0.5, 0.6) is 11.5 Å². The van der Waals surface area contributed by atoms with Crippen LogP contribution < -0.4 is 14.4 Å². The Hall–Kier alpha value is -3.61. The minimum absolute atomic E-state index is 0.0492. The van der Waals surface area contributed by atoms with Crippen LogP contribution in [0.15, 0.2) is 48.7 Å². The molecule has 0 bridgehead atoms. The Morgan fingerprint density at radius 1 is 1.04 bits per heavy atom. The van der Waals surface area contributed by atoms with Gasteiger partial charge in [0.05, 0.1) is 35.2 Å². The van der Waals surface area contributed by atoms with Crippen LogP contribution in [0.4, 0.5) is 5.69 Å². The van der Waals surface area contributed by atoms with E-state index in [1.54, 1.807) is 19.1 Å². The van der Waals surface area contributed by atoms with Crippen molar-refractivity contribution in [3.8, 4) is 11.5 Å². The van der Waals surface area contributed by atoms with E-state index in [-0.39, 0.29) is 22.4 Å². The predicted octanol–water partition coefficient (Wildman–Crippen LogP) is 3.11. The molecule has 0 spiro atoms. The number of anilines is 1. The van der Waals surface area contributed by atoms with Crippen LogP contribution in [-0.2, 0) is 0 Å². The van der Waals surface area contributed by atoms with Crippen molar-refractivity contribution in [2.24, 2.45) is 0 Å². The molecule has 26 heavy (non-hydrogen) atoms. The first-order chi connectivity index (χ1) is 12.3. The number of carboxylic acid groups (broad SMARTS) is 1. The summed E-state index contributed by atoms with van der Waals surface area (Å²) in [5.74, 6) is -1.17. The summed E-state index contributed by atoms with van der Waals surface area (Å²) in [6.07, 6.45) is 0. The number of rotatable bonds is 5. The number of imide groups is 1. The standard InChI is InChI=1S/C19H15NO6/c1-10(2)26-16-9-12(5-7-15(16)25-3)20-17(21)13-6-4-11(19(23)24)8-14(13)18(20)22/h4-9H,1H2,2-3H3,(H,23,24). The largest absolute Gasteiger partial charge is 0.493 e. The SMILES string of the molecule is C=C(C)Oc1cc(N2C(=O)c3ccc(C(=O)O)cc3C2=O)ccc1OC. The molecule has 2 aromatic carbocycles. The monoisotopic (exact) mass is 353 g/mol. The lowest BCUT2D eigenvalue weighted by atomic mass is 10.1. The average Bonchev–Trinajstić information content (AvgIpc) is 2.85. The maximum atomic E-state index is 12.7. The highest BCUT2D eigenvalue weighted by atomic mass is 16.5. The van der Waals surface area contributed by atoms with Crippen LogP contribution in [0.25, 0.3) is 0 Å². The Morgan fingerprint density at radius 3 is 2.35 bits per heavy atom. The Morgan fingerprint density at radius 2 is 1.73 bits per heavy atom. The summed E-state index contributed by atoms with van der Waals surface area (Å²) in [5.41, 5.74) is 0.421. The summed E-state index contributed by atoms with van der Waals surface area (Å²) in [6.45, 7) is 5.31. The van der Waals surface area contributed by atoms with Gasteiger partial charge >= 0.3 is 5.97 Å². The summed E-state index contributed by atoms with van der Waals surface area (Å²) in [4.78, 5) is 37.4. The fraction of sp³-hybridized carbons (Fsp3) is 0.105. The minimum Gasteiger partial charge on any atom is -0.493 e. The molecule has 1 aliphatic rings. The van der Waals surface area contributed by atoms with E-state index in [0.29, 0.717) is 17.3 Å². The third kappa shape index (κ3) is 2.79. The molecule has 1 N–H and O–H groups in total. The second kappa shape index (κ2) is 6.36. The van der Waals surface area contributed by atoms with Gasteiger partial charge in [0.15, 0.2) is 11.5 Å². The van der Waals surface area contributed by atoms with E-state index < -0.39 is 17.8 Å². The Kier molecular flexibility index (Phi) is 4.21. The van der Waals surface area contributed by atoms with Gasteiger partial charge in [-0.1, -0.05) is 6.58 Å². The van der Waals surface area contributed by atoms with Gasteiger partial charge in [0.1, 0.15) is 0 Å². The number of amides is 2. The molecule has 132 valence electrons. The number of fused-ring (bicyclic) bond motifs is 1. The molecule has 0 fully saturated rings. The summed E-state index contributed by atoms with van der Waals surface area (Å²) < 4.78 is 10.7. The number of carbonyl (C=O) groups is 3. The zero-order valence-corrected chi connectivity index (χ0v) is 14.1. The number of hydrogen-bond donors (Lipinski definition) is 1. The maximum Gasteiger partial charge on any atom is 0.335 e. The first-order valence-corrected chi connectivity index (χ1v) is 7.61. The fourth-order valence-electron chi connectivity index (χ4n) is 2.68. The molecule has 7 heteroatoms. The minimum atomic E-state index is -1.17. The molecule has 0 aliphatic carbocycles. The van der Waals surface area contributed by atoms with Crippen molar-refractivity contribution in [1.82, 2.24) is 0 Å². The number of ether oxygens (including phenoxy) is 2. The summed E-state index contributed by atoms with van der Waals surface area (Å²) >= 11 is 0. The van der Waals surface area contributed by atoms with Crippen molar-refractivity contribution in [3.63, 3.8) is 0 Å². The number of nitrogens with zero attached hydrogens (tertiary/aromatic N) is 1. The van der Waals surface area contributed by atoms with Gasteiger partial charge in [-0.15, -0.1) is 0 Å². The van der Waals surface area contributed by atoms with Gasteiger partial charge in [-0.2, -0.15) is 0 Å². The number of carbonyl (C=O) groups excluding carboxylic acids is 2. The van der Waals surface area contributed by atoms with Crippen molar-refractivity contribution in [3.05, 3.63) is 65.4 Å². The number of methoxy groups -OCH3 is 1. The predicted molar refractivity (Wildman–Crippen MR) is 93.0 cm³/mol. The average molecular weight is 353 g/mol. The second-order valence-electron chi connectivity index (χ2n) is 5.65. The lowest BCUT2D eigenvalue weighted by Crippen LogP contribution is -2.29. The highest BCUT2D eigenvalue weighted by Gasteiger charge is 2.37. The van der Waals surface area contributed by atoms with E-state index in [0.717, 1.165) is 4.90 Å². The lowest BCUT2D eigenvalue weighted by Gasteiger charge is -2.17. The van der Waals surface area contributed by atoms with Gasteiger partial charge in [0, 0.05) is 6.07 Å². The molecule has 0 saturated heterocycles. The van der Waals surface area contributed by atoms with E-state index in [9.17, 15) is 14.4 Å². The first kappa shape index (κ1) is 17.2. The molecule has 0 saturated carbocycles. The molecule has 0 radical (unpaired) electrons. The number of benzene rings is 2. The molecule has 2 amide bonds. The van der Waals surface area contributed by atoms with E-state index in [1.165, 1.54) is 31.4 Å². The van der Waals surface area contributed by atoms with Gasteiger partial charge in [-0.25, -0.2) is 9.69 Å². The molecular formula is C19H15NO6. The van der Waals surface area contributed by atoms with Crippen LogP contribution in [-0.4, -0.2) is 30.0 Å². The number of aromatic carboxylic acids is 1. The Labute approximate surface area is 149 Å². The summed E-state index contributed by atoms with van der Waals surface area (Å²) in [5, 5.41) is 9.08. The highest BCUT2D eigenvalue weighted by molar-refractivity contribution is 6.34. The normalized spacial score (nSPS) is 12.8. The van der Waals surface area contributed by atoms with E-state index in [1.807, 2.05) is 0 Å². The van der Waals surface area contributed by atoms with Gasteiger partial charge in [0.2, 0.25) is 0 Å². The van der Waals surface area contributed by atoms with Crippen LogP contribution in [0.2, 0.25) is 0 Å². The molecule has 0 unspecified atom stereocenters. The quantitative estimate of drug-likeness (QED) is 0.656. The number of allylic oxidation sites excluding steroid dienone is 1. The van der Waals surface area contributed by atoms with Crippen molar-refractivity contribution in [2.45, 2.75) is 6.92 Å².